The lowest BCUT2D eigenvalue weighted by Gasteiger charge is -2.49. The molecule has 8 heteroatoms. The van der Waals surface area contributed by atoms with Crippen LogP contribution in [0.15, 0.2) is 60.8 Å². The van der Waals surface area contributed by atoms with E-state index in [9.17, 15) is 5.11 Å². The van der Waals surface area contributed by atoms with E-state index in [1.54, 1.807) is 17.5 Å². The Labute approximate surface area is 217 Å². The van der Waals surface area contributed by atoms with Gasteiger partial charge in [0, 0.05) is 30.1 Å². The van der Waals surface area contributed by atoms with Crippen LogP contribution in [0.1, 0.15) is 43.2 Å². The Morgan fingerprint density at radius 3 is 2.33 bits per heavy atom. The van der Waals surface area contributed by atoms with Crippen molar-refractivity contribution >= 4 is 22.7 Å². The molecule has 6 rings (SSSR count). The largest absolute Gasteiger partial charge is 0.390 e. The summed E-state index contributed by atoms with van der Waals surface area (Å²) in [6, 6.07) is 18.4. The van der Waals surface area contributed by atoms with Gasteiger partial charge in [0.2, 0.25) is 0 Å². The molecule has 2 fully saturated rings. The molecule has 0 spiro atoms. The van der Waals surface area contributed by atoms with E-state index < -0.39 is 16.8 Å². The van der Waals surface area contributed by atoms with Gasteiger partial charge in [-0.05, 0) is 30.9 Å². The summed E-state index contributed by atoms with van der Waals surface area (Å²) < 4.78 is 20.8. The van der Waals surface area contributed by atoms with E-state index in [2.05, 4.69) is 29.2 Å². The maximum atomic E-state index is 15.5. The van der Waals surface area contributed by atoms with Crippen LogP contribution in [-0.2, 0) is 15.9 Å². The second kappa shape index (κ2) is 8.82. The highest BCUT2D eigenvalue weighted by atomic mass is 32.1. The van der Waals surface area contributed by atoms with Crippen LogP contribution < -0.4 is 5.73 Å². The number of aromatic nitrogens is 2. The van der Waals surface area contributed by atoms with Gasteiger partial charge in [-0.25, -0.2) is 14.4 Å². The number of nitrogens with zero attached hydrogens (tertiary/aromatic N) is 2. The van der Waals surface area contributed by atoms with Crippen LogP contribution in [0, 0.1) is 0 Å². The van der Waals surface area contributed by atoms with E-state index in [0.717, 1.165) is 37.1 Å². The third-order valence-electron chi connectivity index (χ3n) is 7.17. The molecule has 0 bridgehead atoms. The number of rotatable bonds is 5. The summed E-state index contributed by atoms with van der Waals surface area (Å²) in [4.78, 5) is 11.4. The average Bonchev–Trinajstić information content (AvgIpc) is 3.52. The van der Waals surface area contributed by atoms with E-state index in [4.69, 9.17) is 15.5 Å². The highest BCUT2D eigenvalue weighted by Gasteiger charge is 2.49. The molecular weight excluding hydrogens is 493 g/mol. The summed E-state index contributed by atoms with van der Waals surface area (Å²) >= 11 is 2.98. The molecule has 1 aliphatic heterocycles. The van der Waals surface area contributed by atoms with Crippen molar-refractivity contribution in [3.63, 3.8) is 0 Å². The van der Waals surface area contributed by atoms with Gasteiger partial charge in [0.25, 0.3) is 0 Å². The second-order valence-electron chi connectivity index (χ2n) is 10.3. The molecule has 2 aliphatic rings. The normalized spacial score (nSPS) is 25.4. The van der Waals surface area contributed by atoms with Gasteiger partial charge in [-0.2, -0.15) is 0 Å². The molecule has 186 valence electrons. The molecule has 2 aromatic carbocycles. The fourth-order valence-corrected chi connectivity index (χ4v) is 7.55. The molecule has 0 amide bonds. The lowest BCUT2D eigenvalue weighted by Crippen LogP contribution is -2.58. The molecule has 3 N–H and O–H groups in total. The van der Waals surface area contributed by atoms with Gasteiger partial charge >= 0.3 is 0 Å². The summed E-state index contributed by atoms with van der Waals surface area (Å²) in [5.41, 5.74) is 7.90. The number of hydrogen-bond donors (Lipinski definition) is 2. The van der Waals surface area contributed by atoms with E-state index in [0.29, 0.717) is 43.9 Å². The van der Waals surface area contributed by atoms with Crippen molar-refractivity contribution in [1.82, 2.24) is 9.97 Å². The van der Waals surface area contributed by atoms with Crippen molar-refractivity contribution in [2.45, 2.75) is 49.4 Å². The van der Waals surface area contributed by atoms with Crippen molar-refractivity contribution in [2.24, 2.45) is 5.73 Å². The number of aliphatic hydroxyl groups is 1. The molecule has 1 saturated heterocycles. The maximum absolute atomic E-state index is 15.5. The number of halogens is 1. The van der Waals surface area contributed by atoms with Crippen molar-refractivity contribution in [3.8, 4) is 31.6 Å². The minimum absolute atomic E-state index is 0.336. The van der Waals surface area contributed by atoms with Crippen LogP contribution >= 0.6 is 22.7 Å². The molecule has 4 aromatic rings. The third kappa shape index (κ3) is 4.31. The van der Waals surface area contributed by atoms with Gasteiger partial charge in [0.15, 0.2) is 5.67 Å². The standard InChI is InChI=1S/C28H28FN3O2S2/c1-26(33)16-28(30,17-26)20-9-7-18(8-10-20)22-23(19-5-3-2-4-6-19)36-24(32-22)21-15-31-25(35-21)27(29)11-13-34-14-12-27/h2-10,15,33H,11-14,16-17,30H2,1H3. The van der Waals surface area contributed by atoms with E-state index in [1.165, 1.54) is 11.3 Å². The number of ether oxygens (including phenoxy) is 1. The number of benzene rings is 2. The maximum Gasteiger partial charge on any atom is 0.166 e. The van der Waals surface area contributed by atoms with Gasteiger partial charge in [-0.3, -0.25) is 0 Å². The van der Waals surface area contributed by atoms with Gasteiger partial charge in [0.05, 0.1) is 34.3 Å². The zero-order valence-electron chi connectivity index (χ0n) is 20.0. The predicted octanol–water partition coefficient (Wildman–Crippen LogP) is 6.27. The Bertz CT molecular complexity index is 1370. The highest BCUT2D eigenvalue weighted by molar-refractivity contribution is 7.23. The molecule has 0 atom stereocenters. The van der Waals surface area contributed by atoms with Gasteiger partial charge in [0.1, 0.15) is 10.0 Å². The van der Waals surface area contributed by atoms with Crippen LogP contribution in [0.2, 0.25) is 0 Å². The van der Waals surface area contributed by atoms with Crippen LogP contribution in [0.25, 0.3) is 31.6 Å². The first kappa shape index (κ1) is 23.9. The minimum atomic E-state index is -1.43. The van der Waals surface area contributed by atoms with E-state index >= 15 is 4.39 Å². The average molecular weight is 522 g/mol. The molecule has 3 heterocycles. The van der Waals surface area contributed by atoms with Crippen molar-refractivity contribution in [3.05, 3.63) is 71.4 Å². The summed E-state index contributed by atoms with van der Waals surface area (Å²) in [6.07, 6.45) is 3.51. The Kier molecular flexibility index (Phi) is 5.85. The zero-order valence-corrected chi connectivity index (χ0v) is 21.7. The summed E-state index contributed by atoms with van der Waals surface area (Å²) in [6.45, 7) is 2.66. The highest BCUT2D eigenvalue weighted by Crippen LogP contribution is 2.48. The molecule has 2 aromatic heterocycles. The van der Waals surface area contributed by atoms with E-state index in [1.807, 2.05) is 37.3 Å². The monoisotopic (exact) mass is 521 g/mol. The second-order valence-corrected chi connectivity index (χ2v) is 12.3. The zero-order chi connectivity index (χ0) is 25.0. The summed E-state index contributed by atoms with van der Waals surface area (Å²) in [7, 11) is 0. The Balaban J connectivity index is 1.36. The number of nitrogens with two attached hydrogens (primary N) is 1. The minimum Gasteiger partial charge on any atom is -0.390 e. The van der Waals surface area contributed by atoms with Crippen LogP contribution in [0.4, 0.5) is 4.39 Å². The Hall–Kier alpha value is -2.49. The van der Waals surface area contributed by atoms with Crippen molar-refractivity contribution in [2.75, 3.05) is 13.2 Å². The molecular formula is C28H28FN3O2S2. The van der Waals surface area contributed by atoms with E-state index in [-0.39, 0.29) is 0 Å². The Morgan fingerprint density at radius 2 is 1.67 bits per heavy atom. The topological polar surface area (TPSA) is 81.3 Å². The van der Waals surface area contributed by atoms with Crippen LogP contribution in [0.3, 0.4) is 0 Å². The fourth-order valence-electron chi connectivity index (χ4n) is 5.37. The molecule has 1 saturated carbocycles. The first-order chi connectivity index (χ1) is 17.2. The quantitative estimate of drug-likeness (QED) is 0.323. The lowest BCUT2D eigenvalue weighted by molar-refractivity contribution is -0.0738. The number of alkyl halides is 1. The molecule has 0 radical (unpaired) electrons. The summed E-state index contributed by atoms with van der Waals surface area (Å²) in [5, 5.41) is 11.5. The first-order valence-electron chi connectivity index (χ1n) is 12.2. The number of hydrogen-bond acceptors (Lipinski definition) is 7. The molecule has 36 heavy (non-hydrogen) atoms. The molecule has 0 unspecified atom stereocenters. The third-order valence-corrected chi connectivity index (χ3v) is 9.62. The Morgan fingerprint density at radius 1 is 0.972 bits per heavy atom. The van der Waals surface area contributed by atoms with Crippen LogP contribution in [-0.4, -0.2) is 33.9 Å². The van der Waals surface area contributed by atoms with Gasteiger partial charge in [-0.15, -0.1) is 22.7 Å². The molecule has 5 nitrogen and oxygen atoms in total. The molecule has 1 aliphatic carbocycles. The predicted molar refractivity (Wildman–Crippen MR) is 143 cm³/mol. The number of thiazole rings is 2. The smallest absolute Gasteiger partial charge is 0.166 e. The van der Waals surface area contributed by atoms with Crippen molar-refractivity contribution < 1.29 is 14.2 Å². The van der Waals surface area contributed by atoms with Gasteiger partial charge in [-0.1, -0.05) is 54.6 Å². The van der Waals surface area contributed by atoms with Gasteiger partial charge < -0.3 is 15.6 Å². The first-order valence-corrected chi connectivity index (χ1v) is 13.8. The summed E-state index contributed by atoms with van der Waals surface area (Å²) in [5.74, 6) is 0. The fraction of sp³-hybridized carbons (Fsp3) is 0.357. The van der Waals surface area contributed by atoms with Crippen molar-refractivity contribution in [1.29, 1.82) is 0 Å². The van der Waals surface area contributed by atoms with Crippen LogP contribution in [0.5, 0.6) is 0 Å². The lowest BCUT2D eigenvalue weighted by atomic mass is 9.63. The SMILES string of the molecule is CC1(O)CC(N)(c2ccc(-c3nc(-c4cnc(C5(F)CCOCC5)s4)sc3-c3ccccc3)cc2)C1.